The Hall–Kier alpha value is -0.720. The Labute approximate surface area is 95.0 Å². The number of rotatable bonds is 2. The maximum Gasteiger partial charge on any atom is 0.265 e. The summed E-state index contributed by atoms with van der Waals surface area (Å²) in [5, 5.41) is 0.415. The van der Waals surface area contributed by atoms with Crippen LogP contribution in [0.1, 0.15) is 0 Å². The van der Waals surface area contributed by atoms with E-state index >= 15 is 0 Å². The Balaban J connectivity index is 2.81. The molecule has 0 bridgehead atoms. The molecule has 2 aromatic rings. The van der Waals surface area contributed by atoms with E-state index in [1.165, 1.54) is 17.8 Å². The van der Waals surface area contributed by atoms with Crippen LogP contribution in [0.15, 0.2) is 32.7 Å². The molecular formula is C8H6ClNO3S2. The zero-order valence-corrected chi connectivity index (χ0v) is 9.99. The fourth-order valence-corrected chi connectivity index (χ4v) is 2.51. The number of hydrogen-bond acceptors (Lipinski definition) is 5. The Bertz CT molecular complexity index is 605. The first-order valence-electron chi connectivity index (χ1n) is 3.90. The Kier molecular flexibility index (Phi) is 2.66. The van der Waals surface area contributed by atoms with Gasteiger partial charge in [-0.1, -0.05) is 17.8 Å². The molecule has 0 atom stereocenters. The lowest BCUT2D eigenvalue weighted by atomic mass is 10.3. The van der Waals surface area contributed by atoms with Gasteiger partial charge < -0.3 is 4.42 Å². The quantitative estimate of drug-likeness (QED) is 0.615. The number of halogens is 1. The van der Waals surface area contributed by atoms with Crippen LogP contribution < -0.4 is 0 Å². The van der Waals surface area contributed by atoms with Crippen molar-refractivity contribution in [3.63, 3.8) is 0 Å². The summed E-state index contributed by atoms with van der Waals surface area (Å²) < 4.78 is 27.7. The summed E-state index contributed by atoms with van der Waals surface area (Å²) in [5.41, 5.74) is 0.693. The third kappa shape index (κ3) is 1.97. The van der Waals surface area contributed by atoms with Crippen molar-refractivity contribution in [1.82, 2.24) is 4.98 Å². The second-order valence-electron chi connectivity index (χ2n) is 2.73. The van der Waals surface area contributed by atoms with Crippen LogP contribution in [0.3, 0.4) is 0 Å². The van der Waals surface area contributed by atoms with Crippen molar-refractivity contribution in [2.24, 2.45) is 0 Å². The molecule has 80 valence electrons. The summed E-state index contributed by atoms with van der Waals surface area (Å²) in [7, 11) is 1.47. The minimum absolute atomic E-state index is 0.0468. The second kappa shape index (κ2) is 3.70. The van der Waals surface area contributed by atoms with Gasteiger partial charge in [-0.15, -0.1) is 0 Å². The fraction of sp³-hybridized carbons (Fsp3) is 0.125. The van der Waals surface area contributed by atoms with E-state index in [2.05, 4.69) is 4.98 Å². The predicted molar refractivity (Wildman–Crippen MR) is 58.8 cm³/mol. The monoisotopic (exact) mass is 263 g/mol. The maximum atomic E-state index is 11.2. The standard InChI is InChI=1S/C8H6ClNO3S2/c1-14-8-10-5-3-2-4-6(7(5)13-8)15(9,11)12/h2-4H,1H3. The number of para-hydroxylation sites is 1. The summed E-state index contributed by atoms with van der Waals surface area (Å²) >= 11 is 1.30. The first-order valence-corrected chi connectivity index (χ1v) is 7.44. The normalized spacial score (nSPS) is 12.1. The molecule has 1 aromatic heterocycles. The number of hydrogen-bond donors (Lipinski definition) is 0. The van der Waals surface area contributed by atoms with Gasteiger partial charge in [-0.2, -0.15) is 0 Å². The Morgan fingerprint density at radius 1 is 1.47 bits per heavy atom. The fourth-order valence-electron chi connectivity index (χ4n) is 1.18. The van der Waals surface area contributed by atoms with Gasteiger partial charge in [-0.3, -0.25) is 0 Å². The minimum atomic E-state index is -3.80. The van der Waals surface area contributed by atoms with Crippen molar-refractivity contribution in [3.05, 3.63) is 18.2 Å². The van der Waals surface area contributed by atoms with E-state index in [0.717, 1.165) is 0 Å². The van der Waals surface area contributed by atoms with Crippen molar-refractivity contribution in [3.8, 4) is 0 Å². The van der Waals surface area contributed by atoms with Gasteiger partial charge in [0.15, 0.2) is 5.58 Å². The van der Waals surface area contributed by atoms with E-state index in [9.17, 15) is 8.42 Å². The highest BCUT2D eigenvalue weighted by atomic mass is 35.7. The smallest absolute Gasteiger partial charge is 0.265 e. The van der Waals surface area contributed by atoms with Crippen LogP contribution in [0.5, 0.6) is 0 Å². The molecule has 1 aromatic carbocycles. The van der Waals surface area contributed by atoms with E-state index in [1.54, 1.807) is 18.4 Å². The minimum Gasteiger partial charge on any atom is -0.430 e. The van der Waals surface area contributed by atoms with Gasteiger partial charge in [-0.25, -0.2) is 13.4 Å². The molecule has 0 unspecified atom stereocenters. The highest BCUT2D eigenvalue weighted by Crippen LogP contribution is 2.28. The summed E-state index contributed by atoms with van der Waals surface area (Å²) in [4.78, 5) is 4.03. The number of nitrogens with zero attached hydrogens (tertiary/aromatic N) is 1. The van der Waals surface area contributed by atoms with E-state index in [4.69, 9.17) is 15.1 Å². The second-order valence-corrected chi connectivity index (χ2v) is 6.02. The number of thioether (sulfide) groups is 1. The van der Waals surface area contributed by atoms with Crippen molar-refractivity contribution in [2.45, 2.75) is 10.1 Å². The Morgan fingerprint density at radius 3 is 2.80 bits per heavy atom. The highest BCUT2D eigenvalue weighted by Gasteiger charge is 2.18. The molecule has 0 amide bonds. The Morgan fingerprint density at radius 2 is 2.20 bits per heavy atom. The summed E-state index contributed by atoms with van der Waals surface area (Å²) in [6.07, 6.45) is 1.79. The molecule has 1 heterocycles. The van der Waals surface area contributed by atoms with Crippen molar-refractivity contribution >= 4 is 42.6 Å². The van der Waals surface area contributed by atoms with Gasteiger partial charge in [0.05, 0.1) is 0 Å². The van der Waals surface area contributed by atoms with Crippen LogP contribution in [-0.2, 0) is 9.05 Å². The molecule has 0 saturated carbocycles. The SMILES string of the molecule is CSc1nc2cccc(S(=O)(=O)Cl)c2o1. The van der Waals surface area contributed by atoms with Gasteiger partial charge in [-0.05, 0) is 18.4 Å². The lowest BCUT2D eigenvalue weighted by Gasteiger charge is -1.94. The lowest BCUT2D eigenvalue weighted by Crippen LogP contribution is -1.90. The first-order chi connectivity index (χ1) is 7.02. The highest BCUT2D eigenvalue weighted by molar-refractivity contribution is 8.14. The van der Waals surface area contributed by atoms with Gasteiger partial charge in [0, 0.05) is 10.7 Å². The van der Waals surface area contributed by atoms with E-state index in [-0.39, 0.29) is 10.5 Å². The molecule has 2 rings (SSSR count). The van der Waals surface area contributed by atoms with E-state index in [1.807, 2.05) is 0 Å². The van der Waals surface area contributed by atoms with Crippen LogP contribution in [0.25, 0.3) is 11.1 Å². The third-order valence-corrected chi connectivity index (χ3v) is 3.67. The molecule has 0 radical (unpaired) electrons. The molecule has 0 N–H and O–H groups in total. The molecule has 0 aliphatic rings. The van der Waals surface area contributed by atoms with Gasteiger partial charge >= 0.3 is 0 Å². The average molecular weight is 264 g/mol. The molecule has 0 spiro atoms. The number of aromatic nitrogens is 1. The number of benzene rings is 1. The summed E-state index contributed by atoms with van der Waals surface area (Å²) in [6.45, 7) is 0. The van der Waals surface area contributed by atoms with Crippen LogP contribution in [0, 0.1) is 0 Å². The van der Waals surface area contributed by atoms with E-state index in [0.29, 0.717) is 10.7 Å². The van der Waals surface area contributed by atoms with Crippen LogP contribution >= 0.6 is 22.4 Å². The zero-order chi connectivity index (χ0) is 11.1. The zero-order valence-electron chi connectivity index (χ0n) is 7.60. The average Bonchev–Trinajstić information content (AvgIpc) is 2.57. The van der Waals surface area contributed by atoms with Crippen molar-refractivity contribution < 1.29 is 12.8 Å². The largest absolute Gasteiger partial charge is 0.430 e. The predicted octanol–water partition coefficient (Wildman–Crippen LogP) is 2.48. The number of oxazole rings is 1. The molecule has 0 saturated heterocycles. The first kappa shape index (κ1) is 10.8. The molecule has 0 aliphatic carbocycles. The van der Waals surface area contributed by atoms with Gasteiger partial charge in [0.2, 0.25) is 0 Å². The molecule has 15 heavy (non-hydrogen) atoms. The lowest BCUT2D eigenvalue weighted by molar-refractivity contribution is 0.484. The third-order valence-electron chi connectivity index (χ3n) is 1.80. The van der Waals surface area contributed by atoms with Crippen LogP contribution in [-0.4, -0.2) is 19.7 Å². The van der Waals surface area contributed by atoms with E-state index < -0.39 is 9.05 Å². The van der Waals surface area contributed by atoms with Crippen molar-refractivity contribution in [2.75, 3.05) is 6.26 Å². The van der Waals surface area contributed by atoms with Gasteiger partial charge in [0.1, 0.15) is 10.4 Å². The maximum absolute atomic E-state index is 11.2. The molecule has 0 fully saturated rings. The van der Waals surface area contributed by atoms with Crippen LogP contribution in [0.4, 0.5) is 0 Å². The van der Waals surface area contributed by atoms with Crippen molar-refractivity contribution in [1.29, 1.82) is 0 Å². The van der Waals surface area contributed by atoms with Gasteiger partial charge in [0.25, 0.3) is 14.3 Å². The summed E-state index contributed by atoms with van der Waals surface area (Å²) in [5.74, 6) is 0. The molecule has 0 aliphatic heterocycles. The topological polar surface area (TPSA) is 60.2 Å². The molecule has 4 nitrogen and oxygen atoms in total. The molecular weight excluding hydrogens is 258 g/mol. The van der Waals surface area contributed by atoms with Crippen LogP contribution in [0.2, 0.25) is 0 Å². The summed E-state index contributed by atoms with van der Waals surface area (Å²) in [6, 6.07) is 4.63. The molecule has 7 heteroatoms. The number of fused-ring (bicyclic) bond motifs is 1.